The summed E-state index contributed by atoms with van der Waals surface area (Å²) in [6, 6.07) is 9.12. The van der Waals surface area contributed by atoms with Crippen molar-refractivity contribution >= 4 is 29.5 Å². The number of carbonyl (C=O) groups is 1. The van der Waals surface area contributed by atoms with Crippen molar-refractivity contribution in [3.05, 3.63) is 57.8 Å². The summed E-state index contributed by atoms with van der Waals surface area (Å²) in [7, 11) is 0. The van der Waals surface area contributed by atoms with Gasteiger partial charge in [0.05, 0.1) is 0 Å². The maximum absolute atomic E-state index is 13.8. The number of carbonyl (C=O) groups excluding carboxylic acids is 1. The molecule has 1 nitrogen and oxygen atoms in total. The van der Waals surface area contributed by atoms with Crippen LogP contribution in [0.1, 0.15) is 10.4 Å². The Morgan fingerprint density at radius 1 is 1.06 bits per heavy atom. The Morgan fingerprint density at radius 3 is 2.24 bits per heavy atom. The molecule has 0 radical (unpaired) electrons. The Labute approximate surface area is 108 Å². The monoisotopic (exact) mass is 268 g/mol. The van der Waals surface area contributed by atoms with Crippen LogP contribution in [0, 0.1) is 5.82 Å². The van der Waals surface area contributed by atoms with Crippen LogP contribution in [0.25, 0.3) is 11.1 Å². The highest BCUT2D eigenvalue weighted by Crippen LogP contribution is 2.35. The lowest BCUT2D eigenvalue weighted by Crippen LogP contribution is -1.89. The molecule has 0 saturated heterocycles. The van der Waals surface area contributed by atoms with Crippen molar-refractivity contribution in [2.24, 2.45) is 0 Å². The molecule has 2 aromatic rings. The summed E-state index contributed by atoms with van der Waals surface area (Å²) in [4.78, 5) is 10.5. The maximum Gasteiger partial charge on any atom is 0.150 e. The zero-order chi connectivity index (χ0) is 12.4. The molecule has 0 bridgehead atoms. The molecule has 2 rings (SSSR count). The minimum atomic E-state index is -0.524. The van der Waals surface area contributed by atoms with Gasteiger partial charge in [-0.25, -0.2) is 4.39 Å². The van der Waals surface area contributed by atoms with Crippen molar-refractivity contribution in [1.82, 2.24) is 0 Å². The fourth-order valence-electron chi connectivity index (χ4n) is 1.56. The lowest BCUT2D eigenvalue weighted by molar-refractivity contribution is 0.112. The minimum absolute atomic E-state index is 0.273. The van der Waals surface area contributed by atoms with E-state index in [4.69, 9.17) is 23.2 Å². The third-order valence-corrected chi connectivity index (χ3v) is 2.99. The average molecular weight is 269 g/mol. The van der Waals surface area contributed by atoms with Crippen molar-refractivity contribution in [2.45, 2.75) is 0 Å². The molecule has 0 aliphatic heterocycles. The van der Waals surface area contributed by atoms with Crippen molar-refractivity contribution < 1.29 is 9.18 Å². The first-order chi connectivity index (χ1) is 8.13. The van der Waals surface area contributed by atoms with Crippen LogP contribution in [0.3, 0.4) is 0 Å². The Kier molecular flexibility index (Phi) is 3.46. The lowest BCUT2D eigenvalue weighted by Gasteiger charge is -2.08. The van der Waals surface area contributed by atoms with Gasteiger partial charge in [0, 0.05) is 26.7 Å². The first-order valence-electron chi connectivity index (χ1n) is 4.82. The Bertz CT molecular complexity index is 561. The van der Waals surface area contributed by atoms with Gasteiger partial charge in [-0.3, -0.25) is 4.79 Å². The number of hydrogen-bond acceptors (Lipinski definition) is 1. The predicted octanol–water partition coefficient (Wildman–Crippen LogP) is 4.61. The maximum atomic E-state index is 13.8. The zero-order valence-corrected chi connectivity index (χ0v) is 10.1. The predicted molar refractivity (Wildman–Crippen MR) is 67.2 cm³/mol. The standard InChI is InChI=1S/C13H7Cl2FO/c14-10-2-1-3-11(15)13(10)9-5-4-8(7-17)6-12(9)16/h1-7H. The first kappa shape index (κ1) is 12.1. The smallest absolute Gasteiger partial charge is 0.150 e. The normalized spacial score (nSPS) is 10.3. The van der Waals surface area contributed by atoms with Crippen LogP contribution in [-0.2, 0) is 0 Å². The topological polar surface area (TPSA) is 17.1 Å². The van der Waals surface area contributed by atoms with Gasteiger partial charge in [-0.2, -0.15) is 0 Å². The summed E-state index contributed by atoms with van der Waals surface area (Å²) < 4.78 is 13.8. The van der Waals surface area contributed by atoms with Gasteiger partial charge < -0.3 is 0 Å². The molecular weight excluding hydrogens is 262 g/mol. The SMILES string of the molecule is O=Cc1ccc(-c2c(Cl)cccc2Cl)c(F)c1. The van der Waals surface area contributed by atoms with Crippen molar-refractivity contribution in [3.8, 4) is 11.1 Å². The molecule has 2 aromatic carbocycles. The van der Waals surface area contributed by atoms with Gasteiger partial charge in [-0.1, -0.05) is 41.4 Å². The molecule has 0 fully saturated rings. The van der Waals surface area contributed by atoms with Gasteiger partial charge in [0.2, 0.25) is 0 Å². The van der Waals surface area contributed by atoms with E-state index in [-0.39, 0.29) is 11.1 Å². The molecule has 4 heteroatoms. The lowest BCUT2D eigenvalue weighted by atomic mass is 10.0. The molecule has 0 aliphatic rings. The van der Waals surface area contributed by atoms with E-state index in [0.29, 0.717) is 21.9 Å². The third-order valence-electron chi connectivity index (χ3n) is 2.36. The van der Waals surface area contributed by atoms with E-state index in [1.165, 1.54) is 12.1 Å². The van der Waals surface area contributed by atoms with Crippen LogP contribution in [-0.4, -0.2) is 6.29 Å². The van der Waals surface area contributed by atoms with E-state index in [1.807, 2.05) is 0 Å². The van der Waals surface area contributed by atoms with E-state index in [9.17, 15) is 9.18 Å². The van der Waals surface area contributed by atoms with Gasteiger partial charge in [0.1, 0.15) is 12.1 Å². The molecule has 0 aliphatic carbocycles. The average Bonchev–Trinajstić information content (AvgIpc) is 2.30. The molecule has 0 unspecified atom stereocenters. The summed E-state index contributed by atoms with van der Waals surface area (Å²) in [5, 5.41) is 0.741. The Morgan fingerprint density at radius 2 is 1.71 bits per heavy atom. The van der Waals surface area contributed by atoms with E-state index in [0.717, 1.165) is 6.07 Å². The van der Waals surface area contributed by atoms with Gasteiger partial charge in [-0.15, -0.1) is 0 Å². The van der Waals surface area contributed by atoms with Crippen LogP contribution < -0.4 is 0 Å². The number of benzene rings is 2. The molecule has 0 aromatic heterocycles. The number of aldehydes is 1. The molecular formula is C13H7Cl2FO. The molecule has 0 heterocycles. The van der Waals surface area contributed by atoms with Crippen LogP contribution in [0.2, 0.25) is 10.0 Å². The van der Waals surface area contributed by atoms with E-state index in [2.05, 4.69) is 0 Å². The van der Waals surface area contributed by atoms with E-state index in [1.54, 1.807) is 18.2 Å². The minimum Gasteiger partial charge on any atom is -0.298 e. The van der Waals surface area contributed by atoms with Crippen LogP contribution >= 0.6 is 23.2 Å². The highest BCUT2D eigenvalue weighted by Gasteiger charge is 2.12. The number of hydrogen-bond donors (Lipinski definition) is 0. The Hall–Kier alpha value is -1.38. The highest BCUT2D eigenvalue weighted by molar-refractivity contribution is 6.39. The zero-order valence-electron chi connectivity index (χ0n) is 8.58. The summed E-state index contributed by atoms with van der Waals surface area (Å²) in [6.07, 6.45) is 0.584. The van der Waals surface area contributed by atoms with Crippen molar-refractivity contribution in [2.75, 3.05) is 0 Å². The first-order valence-corrected chi connectivity index (χ1v) is 5.58. The molecule has 86 valence electrons. The molecule has 0 N–H and O–H groups in total. The molecule has 17 heavy (non-hydrogen) atoms. The Balaban J connectivity index is 2.65. The summed E-state index contributed by atoms with van der Waals surface area (Å²) in [5.74, 6) is -0.524. The molecule has 0 amide bonds. The summed E-state index contributed by atoms with van der Waals surface area (Å²) in [5.41, 5.74) is 0.992. The third kappa shape index (κ3) is 2.33. The second kappa shape index (κ2) is 4.86. The summed E-state index contributed by atoms with van der Waals surface area (Å²) in [6.45, 7) is 0. The highest BCUT2D eigenvalue weighted by atomic mass is 35.5. The fourth-order valence-corrected chi connectivity index (χ4v) is 2.16. The van der Waals surface area contributed by atoms with Gasteiger partial charge >= 0.3 is 0 Å². The largest absolute Gasteiger partial charge is 0.298 e. The van der Waals surface area contributed by atoms with Gasteiger partial charge in [0.15, 0.2) is 0 Å². The molecule has 0 spiro atoms. The van der Waals surface area contributed by atoms with Gasteiger partial charge in [-0.05, 0) is 18.2 Å². The molecule has 0 saturated carbocycles. The fraction of sp³-hybridized carbons (Fsp3) is 0. The van der Waals surface area contributed by atoms with Crippen LogP contribution in [0.15, 0.2) is 36.4 Å². The number of halogens is 3. The van der Waals surface area contributed by atoms with E-state index < -0.39 is 5.82 Å². The van der Waals surface area contributed by atoms with Crippen LogP contribution in [0.4, 0.5) is 4.39 Å². The number of rotatable bonds is 2. The quantitative estimate of drug-likeness (QED) is 0.727. The van der Waals surface area contributed by atoms with Gasteiger partial charge in [0.25, 0.3) is 0 Å². The second-order valence-electron chi connectivity index (χ2n) is 3.45. The van der Waals surface area contributed by atoms with Crippen molar-refractivity contribution in [1.29, 1.82) is 0 Å². The summed E-state index contributed by atoms with van der Waals surface area (Å²) >= 11 is 12.0. The van der Waals surface area contributed by atoms with Crippen molar-refractivity contribution in [3.63, 3.8) is 0 Å². The second-order valence-corrected chi connectivity index (χ2v) is 4.27. The van der Waals surface area contributed by atoms with E-state index >= 15 is 0 Å². The molecule has 0 atom stereocenters. The van der Waals surface area contributed by atoms with Crippen LogP contribution in [0.5, 0.6) is 0 Å².